The van der Waals surface area contributed by atoms with E-state index in [0.29, 0.717) is 21.4 Å². The van der Waals surface area contributed by atoms with Crippen molar-refractivity contribution in [2.24, 2.45) is 5.10 Å². The van der Waals surface area contributed by atoms with E-state index in [2.05, 4.69) is 25.8 Å². The second kappa shape index (κ2) is 7.70. The molecule has 0 bridgehead atoms. The number of thioether (sulfide) groups is 1. The molecule has 1 heterocycles. The average Bonchev–Trinajstić information content (AvgIpc) is 2.82. The molecule has 1 aliphatic rings. The van der Waals surface area contributed by atoms with Gasteiger partial charge in [-0.05, 0) is 18.2 Å². The van der Waals surface area contributed by atoms with Crippen LogP contribution in [0.2, 0.25) is 0 Å². The summed E-state index contributed by atoms with van der Waals surface area (Å²) in [7, 11) is 1.28. The van der Waals surface area contributed by atoms with Crippen molar-refractivity contribution in [3.63, 3.8) is 0 Å². The van der Waals surface area contributed by atoms with Gasteiger partial charge in [-0.3, -0.25) is 4.79 Å². The van der Waals surface area contributed by atoms with E-state index in [0.717, 1.165) is 4.47 Å². The van der Waals surface area contributed by atoms with Gasteiger partial charge in [0, 0.05) is 10.0 Å². The summed E-state index contributed by atoms with van der Waals surface area (Å²) in [5, 5.41) is 5.26. The Hall–Kier alpha value is -1.45. The van der Waals surface area contributed by atoms with Crippen LogP contribution in [-0.4, -0.2) is 46.9 Å². The van der Waals surface area contributed by atoms with E-state index in [-0.39, 0.29) is 12.5 Å². The first kappa shape index (κ1) is 16.9. The fourth-order valence-corrected chi connectivity index (χ4v) is 2.87. The molecule has 6 nitrogen and oxygen atoms in total. The number of halogens is 1. The number of methoxy groups -OCH3 is 1. The summed E-state index contributed by atoms with van der Waals surface area (Å²) in [5.74, 6) is 0.0827. The third-order valence-electron chi connectivity index (χ3n) is 2.59. The van der Waals surface area contributed by atoms with Crippen LogP contribution in [-0.2, 0) is 14.3 Å². The minimum atomic E-state index is -0.488. The Balaban J connectivity index is 2.18. The van der Waals surface area contributed by atoms with Crippen LogP contribution in [0.15, 0.2) is 27.8 Å². The van der Waals surface area contributed by atoms with Crippen LogP contribution in [0, 0.1) is 0 Å². The molecule has 1 aromatic rings. The van der Waals surface area contributed by atoms with Crippen molar-refractivity contribution in [2.75, 3.05) is 19.5 Å². The molecule has 1 aliphatic heterocycles. The third-order valence-corrected chi connectivity index (χ3v) is 4.42. The first-order valence-electron chi connectivity index (χ1n) is 6.04. The predicted octanol–water partition coefficient (Wildman–Crippen LogP) is 2.20. The molecule has 1 fully saturated rings. The number of hydrazone groups is 1. The zero-order chi connectivity index (χ0) is 16.1. The summed E-state index contributed by atoms with van der Waals surface area (Å²) < 4.78 is 11.1. The molecule has 0 unspecified atom stereocenters. The first-order valence-corrected chi connectivity index (χ1v) is 8.23. The van der Waals surface area contributed by atoms with Gasteiger partial charge in [0.1, 0.15) is 5.75 Å². The van der Waals surface area contributed by atoms with Crippen molar-refractivity contribution in [3.8, 4) is 5.75 Å². The Morgan fingerprint density at radius 2 is 2.36 bits per heavy atom. The zero-order valence-electron chi connectivity index (χ0n) is 11.4. The molecule has 0 aromatic heterocycles. The highest BCUT2D eigenvalue weighted by atomic mass is 79.9. The monoisotopic (exact) mass is 402 g/mol. The quantitative estimate of drug-likeness (QED) is 0.427. The Bertz CT molecular complexity index is 635. The lowest BCUT2D eigenvalue weighted by atomic mass is 10.2. The molecule has 1 amide bonds. The number of ether oxygens (including phenoxy) is 2. The minimum absolute atomic E-state index is 0.168. The summed E-state index contributed by atoms with van der Waals surface area (Å²) in [6.07, 6.45) is 1.47. The average molecular weight is 403 g/mol. The van der Waals surface area contributed by atoms with Crippen molar-refractivity contribution in [2.45, 2.75) is 0 Å². The highest BCUT2D eigenvalue weighted by Gasteiger charge is 2.26. The number of carbonyl (C=O) groups is 2. The molecule has 1 aromatic carbocycles. The lowest BCUT2D eigenvalue weighted by molar-refractivity contribution is -0.142. The lowest BCUT2D eigenvalue weighted by Gasteiger charge is -2.10. The van der Waals surface area contributed by atoms with Gasteiger partial charge in [0.2, 0.25) is 0 Å². The Morgan fingerprint density at radius 1 is 1.59 bits per heavy atom. The Kier molecular flexibility index (Phi) is 5.92. The van der Waals surface area contributed by atoms with Gasteiger partial charge >= 0.3 is 5.97 Å². The normalized spacial score (nSPS) is 14.7. The maximum atomic E-state index is 11.6. The van der Waals surface area contributed by atoms with Crippen LogP contribution in [0.3, 0.4) is 0 Å². The van der Waals surface area contributed by atoms with Gasteiger partial charge in [-0.2, -0.15) is 10.1 Å². The van der Waals surface area contributed by atoms with Gasteiger partial charge in [0.15, 0.2) is 10.9 Å². The number of rotatable bonds is 5. The van der Waals surface area contributed by atoms with Gasteiger partial charge in [-0.1, -0.05) is 39.9 Å². The van der Waals surface area contributed by atoms with E-state index in [4.69, 9.17) is 17.0 Å². The molecule has 22 heavy (non-hydrogen) atoms. The molecule has 0 spiro atoms. The van der Waals surface area contributed by atoms with E-state index < -0.39 is 5.97 Å². The third kappa shape index (κ3) is 4.28. The molecular formula is C13H11BrN2O4S2. The number of hydrogen-bond donors (Lipinski definition) is 0. The molecule has 0 aliphatic carbocycles. The van der Waals surface area contributed by atoms with E-state index in [1.54, 1.807) is 18.2 Å². The lowest BCUT2D eigenvalue weighted by Crippen LogP contribution is -2.22. The highest BCUT2D eigenvalue weighted by Crippen LogP contribution is 2.23. The molecule has 0 atom stereocenters. The SMILES string of the molecule is COC(=O)COc1ccc(Br)cc1/C=N/N1C(=O)CSC1=S. The summed E-state index contributed by atoms with van der Waals surface area (Å²) in [6, 6.07) is 5.21. The number of amides is 1. The van der Waals surface area contributed by atoms with E-state index in [9.17, 15) is 9.59 Å². The van der Waals surface area contributed by atoms with Gasteiger partial charge in [-0.15, -0.1) is 0 Å². The van der Waals surface area contributed by atoms with Crippen molar-refractivity contribution in [3.05, 3.63) is 28.2 Å². The molecule has 9 heteroatoms. The van der Waals surface area contributed by atoms with Crippen LogP contribution in [0.5, 0.6) is 5.75 Å². The predicted molar refractivity (Wildman–Crippen MR) is 91.1 cm³/mol. The van der Waals surface area contributed by atoms with Crippen molar-refractivity contribution in [1.29, 1.82) is 0 Å². The second-order valence-corrected chi connectivity index (χ2v) is 6.58. The highest BCUT2D eigenvalue weighted by molar-refractivity contribution is 9.10. The summed E-state index contributed by atoms with van der Waals surface area (Å²) in [4.78, 5) is 22.8. The van der Waals surface area contributed by atoms with Crippen molar-refractivity contribution in [1.82, 2.24) is 5.01 Å². The van der Waals surface area contributed by atoms with E-state index in [1.165, 1.54) is 30.1 Å². The zero-order valence-corrected chi connectivity index (χ0v) is 14.7. The van der Waals surface area contributed by atoms with Crippen LogP contribution in [0.25, 0.3) is 0 Å². The van der Waals surface area contributed by atoms with Crippen LogP contribution in [0.1, 0.15) is 5.56 Å². The maximum absolute atomic E-state index is 11.6. The minimum Gasteiger partial charge on any atom is -0.481 e. The van der Waals surface area contributed by atoms with Crippen molar-refractivity contribution >= 4 is 62.3 Å². The Morgan fingerprint density at radius 3 is 3.00 bits per heavy atom. The van der Waals surface area contributed by atoms with Crippen molar-refractivity contribution < 1.29 is 19.1 Å². The number of thiocarbonyl (C=S) groups is 1. The topological polar surface area (TPSA) is 68.2 Å². The molecule has 2 rings (SSSR count). The first-order chi connectivity index (χ1) is 10.5. The van der Waals surface area contributed by atoms with Crippen LogP contribution < -0.4 is 4.74 Å². The van der Waals surface area contributed by atoms with Crippen LogP contribution >= 0.6 is 39.9 Å². The van der Waals surface area contributed by atoms with E-state index in [1.807, 2.05) is 0 Å². The molecule has 116 valence electrons. The Labute approximate surface area is 145 Å². The molecule has 1 saturated heterocycles. The molecular weight excluding hydrogens is 392 g/mol. The summed E-state index contributed by atoms with van der Waals surface area (Å²) >= 11 is 9.66. The molecule has 0 saturated carbocycles. The van der Waals surface area contributed by atoms with Crippen LogP contribution in [0.4, 0.5) is 0 Å². The number of hydrogen-bond acceptors (Lipinski definition) is 7. The standard InChI is InChI=1S/C13H11BrN2O4S2/c1-19-12(18)6-20-10-3-2-9(14)4-8(10)5-15-16-11(17)7-22-13(16)21/h2-5H,6-7H2,1H3/b15-5+. The van der Waals surface area contributed by atoms with Gasteiger partial charge in [0.25, 0.3) is 5.91 Å². The summed E-state index contributed by atoms with van der Waals surface area (Å²) in [6.45, 7) is -0.212. The largest absolute Gasteiger partial charge is 0.481 e. The number of carbonyl (C=O) groups excluding carboxylic acids is 2. The number of benzene rings is 1. The fraction of sp³-hybridized carbons (Fsp3) is 0.231. The van der Waals surface area contributed by atoms with E-state index >= 15 is 0 Å². The smallest absolute Gasteiger partial charge is 0.343 e. The number of nitrogens with zero attached hydrogens (tertiary/aromatic N) is 2. The number of esters is 1. The molecule has 0 radical (unpaired) electrons. The summed E-state index contributed by atoms with van der Waals surface area (Å²) in [5.41, 5.74) is 0.603. The molecule has 0 N–H and O–H groups in total. The van der Waals surface area contributed by atoms with Gasteiger partial charge in [0.05, 0.1) is 19.1 Å². The van der Waals surface area contributed by atoms with Gasteiger partial charge in [-0.25, -0.2) is 4.79 Å². The van der Waals surface area contributed by atoms with Gasteiger partial charge < -0.3 is 9.47 Å². The maximum Gasteiger partial charge on any atom is 0.343 e. The second-order valence-electron chi connectivity index (χ2n) is 4.05. The fourth-order valence-electron chi connectivity index (χ4n) is 1.53.